The lowest BCUT2D eigenvalue weighted by Gasteiger charge is -2.27. The summed E-state index contributed by atoms with van der Waals surface area (Å²) in [6.07, 6.45) is 0. The van der Waals surface area contributed by atoms with E-state index in [2.05, 4.69) is 5.32 Å². The summed E-state index contributed by atoms with van der Waals surface area (Å²) in [4.78, 5) is 13.0. The zero-order valence-corrected chi connectivity index (χ0v) is 20.2. The maximum Gasteiger partial charge on any atom is 0.264 e. The molecule has 3 aromatic carbocycles. The normalized spacial score (nSPS) is 12.0. The number of ether oxygens (including phenoxy) is 2. The van der Waals surface area contributed by atoms with Gasteiger partial charge >= 0.3 is 0 Å². The van der Waals surface area contributed by atoms with Crippen molar-refractivity contribution < 1.29 is 27.1 Å². The third kappa shape index (κ3) is 5.66. The van der Waals surface area contributed by atoms with Gasteiger partial charge in [-0.3, -0.25) is 9.10 Å². The van der Waals surface area contributed by atoms with Gasteiger partial charge in [-0.05, 0) is 55.8 Å². The summed E-state index contributed by atoms with van der Waals surface area (Å²) in [5.41, 5.74) is 1.74. The number of hydrogen-bond acceptors (Lipinski definition) is 5. The number of sulfonamides is 1. The average Bonchev–Trinajstić information content (AvgIpc) is 2.82. The number of amides is 1. The third-order valence-electron chi connectivity index (χ3n) is 5.30. The molecule has 0 aromatic heterocycles. The van der Waals surface area contributed by atoms with E-state index in [9.17, 15) is 17.6 Å². The fourth-order valence-electron chi connectivity index (χ4n) is 3.38. The van der Waals surface area contributed by atoms with E-state index in [1.807, 2.05) is 6.92 Å². The number of hydrogen-bond donors (Lipinski definition) is 1. The van der Waals surface area contributed by atoms with Gasteiger partial charge in [-0.2, -0.15) is 0 Å². The average molecular weight is 487 g/mol. The molecular weight excluding hydrogens is 459 g/mol. The summed E-state index contributed by atoms with van der Waals surface area (Å²) in [6, 6.07) is 16.3. The fraction of sp³-hybridized carbons (Fsp3) is 0.240. The van der Waals surface area contributed by atoms with Crippen LogP contribution in [0.3, 0.4) is 0 Å². The van der Waals surface area contributed by atoms with E-state index in [0.29, 0.717) is 11.3 Å². The van der Waals surface area contributed by atoms with Crippen molar-refractivity contribution in [3.05, 3.63) is 83.7 Å². The van der Waals surface area contributed by atoms with Crippen LogP contribution in [0.4, 0.5) is 10.1 Å². The van der Waals surface area contributed by atoms with Crippen LogP contribution in [-0.4, -0.2) is 35.1 Å². The molecule has 1 amide bonds. The van der Waals surface area contributed by atoms with Gasteiger partial charge in [0.25, 0.3) is 10.0 Å². The van der Waals surface area contributed by atoms with Gasteiger partial charge in [0.1, 0.15) is 23.9 Å². The molecule has 0 saturated heterocycles. The van der Waals surface area contributed by atoms with Crippen molar-refractivity contribution in [2.24, 2.45) is 0 Å². The van der Waals surface area contributed by atoms with Crippen LogP contribution >= 0.6 is 0 Å². The minimum atomic E-state index is -4.14. The molecule has 3 aromatic rings. The summed E-state index contributed by atoms with van der Waals surface area (Å²) < 4.78 is 52.2. The molecule has 0 bridgehead atoms. The van der Waals surface area contributed by atoms with Gasteiger partial charge in [-0.25, -0.2) is 12.8 Å². The van der Waals surface area contributed by atoms with E-state index in [4.69, 9.17) is 9.47 Å². The largest absolute Gasteiger partial charge is 0.497 e. The Morgan fingerprint density at radius 2 is 1.65 bits per heavy atom. The number of aryl methyl sites for hydroxylation is 1. The van der Waals surface area contributed by atoms with Crippen molar-refractivity contribution in [1.29, 1.82) is 0 Å². The molecule has 0 heterocycles. The first-order chi connectivity index (χ1) is 16.1. The SMILES string of the molecule is COc1ccc(OC)c(N(CC(=O)N[C@@H](C)c2ccc(F)cc2)S(=O)(=O)c2ccc(C)cc2)c1. The van der Waals surface area contributed by atoms with E-state index in [0.717, 1.165) is 9.87 Å². The van der Waals surface area contributed by atoms with Crippen molar-refractivity contribution in [1.82, 2.24) is 5.32 Å². The highest BCUT2D eigenvalue weighted by Crippen LogP contribution is 2.35. The van der Waals surface area contributed by atoms with Crippen LogP contribution in [0.5, 0.6) is 11.5 Å². The van der Waals surface area contributed by atoms with Crippen LogP contribution in [0.15, 0.2) is 71.6 Å². The molecule has 7 nitrogen and oxygen atoms in total. The standard InChI is InChI=1S/C25H27FN2O5S/c1-17-5-12-22(13-6-17)34(30,31)28(23-15-21(32-3)11-14-24(23)33-4)16-25(29)27-18(2)19-7-9-20(26)10-8-19/h5-15,18H,16H2,1-4H3,(H,27,29)/t18-/m0/s1. The van der Waals surface area contributed by atoms with Crippen molar-refractivity contribution in [3.8, 4) is 11.5 Å². The minimum Gasteiger partial charge on any atom is -0.497 e. The molecule has 1 N–H and O–H groups in total. The molecule has 1 atom stereocenters. The summed E-state index contributed by atoms with van der Waals surface area (Å²) in [5, 5.41) is 2.78. The highest BCUT2D eigenvalue weighted by molar-refractivity contribution is 7.92. The monoisotopic (exact) mass is 486 g/mol. The Bertz CT molecular complexity index is 1250. The highest BCUT2D eigenvalue weighted by Gasteiger charge is 2.30. The van der Waals surface area contributed by atoms with Crippen LogP contribution in [0.25, 0.3) is 0 Å². The van der Waals surface area contributed by atoms with Gasteiger partial charge < -0.3 is 14.8 Å². The molecule has 0 aliphatic rings. The molecule has 9 heteroatoms. The Labute approximate surface area is 199 Å². The highest BCUT2D eigenvalue weighted by atomic mass is 32.2. The third-order valence-corrected chi connectivity index (χ3v) is 7.07. The van der Waals surface area contributed by atoms with Gasteiger partial charge in [0, 0.05) is 6.07 Å². The number of carbonyl (C=O) groups is 1. The van der Waals surface area contributed by atoms with Gasteiger partial charge in [0.05, 0.1) is 30.8 Å². The number of rotatable bonds is 9. The predicted molar refractivity (Wildman–Crippen MR) is 128 cm³/mol. The molecule has 0 radical (unpaired) electrons. The van der Waals surface area contributed by atoms with Crippen LogP contribution in [0, 0.1) is 12.7 Å². The lowest BCUT2D eigenvalue weighted by molar-refractivity contribution is -0.120. The Morgan fingerprint density at radius 3 is 2.24 bits per heavy atom. The zero-order chi connectivity index (χ0) is 24.9. The van der Waals surface area contributed by atoms with Crippen molar-refractivity contribution >= 4 is 21.6 Å². The fourth-order valence-corrected chi connectivity index (χ4v) is 4.80. The first-order valence-electron chi connectivity index (χ1n) is 10.5. The molecule has 0 saturated carbocycles. The molecule has 0 unspecified atom stereocenters. The Balaban J connectivity index is 1.99. The number of nitrogens with zero attached hydrogens (tertiary/aromatic N) is 1. The summed E-state index contributed by atoms with van der Waals surface area (Å²) in [6.45, 7) is 3.07. The van der Waals surface area contributed by atoms with Gasteiger partial charge in [0.15, 0.2) is 0 Å². The van der Waals surface area contributed by atoms with E-state index in [-0.39, 0.29) is 22.1 Å². The second-order valence-electron chi connectivity index (χ2n) is 7.70. The summed E-state index contributed by atoms with van der Waals surface area (Å²) in [7, 11) is -1.27. The maximum atomic E-state index is 13.6. The maximum absolute atomic E-state index is 13.6. The predicted octanol–water partition coefficient (Wildman–Crippen LogP) is 4.22. The number of halogens is 1. The molecule has 0 fully saturated rings. The second-order valence-corrected chi connectivity index (χ2v) is 9.57. The summed E-state index contributed by atoms with van der Waals surface area (Å²) in [5.74, 6) is -0.268. The number of benzene rings is 3. The van der Waals surface area contributed by atoms with E-state index in [1.165, 1.54) is 44.6 Å². The van der Waals surface area contributed by atoms with Crippen molar-refractivity contribution in [2.75, 3.05) is 25.1 Å². The van der Waals surface area contributed by atoms with E-state index < -0.39 is 28.5 Å². The molecule has 3 rings (SSSR count). The minimum absolute atomic E-state index is 0.0300. The van der Waals surface area contributed by atoms with Crippen LogP contribution < -0.4 is 19.1 Å². The Kier molecular flexibility index (Phi) is 7.78. The first kappa shape index (κ1) is 25.0. The van der Waals surface area contributed by atoms with Crippen LogP contribution in [0.1, 0.15) is 24.1 Å². The Hall–Kier alpha value is -3.59. The number of anilines is 1. The van der Waals surface area contributed by atoms with Gasteiger partial charge in [-0.1, -0.05) is 29.8 Å². The van der Waals surface area contributed by atoms with Crippen LogP contribution in [0.2, 0.25) is 0 Å². The quantitative estimate of drug-likeness (QED) is 0.490. The molecule has 34 heavy (non-hydrogen) atoms. The number of carbonyl (C=O) groups excluding carboxylic acids is 1. The Morgan fingerprint density at radius 1 is 1.00 bits per heavy atom. The second kappa shape index (κ2) is 10.6. The molecule has 0 spiro atoms. The van der Waals surface area contributed by atoms with E-state index in [1.54, 1.807) is 43.3 Å². The van der Waals surface area contributed by atoms with Crippen LogP contribution in [-0.2, 0) is 14.8 Å². The van der Waals surface area contributed by atoms with Gasteiger partial charge in [-0.15, -0.1) is 0 Å². The summed E-state index contributed by atoms with van der Waals surface area (Å²) >= 11 is 0. The topological polar surface area (TPSA) is 84.9 Å². The van der Waals surface area contributed by atoms with Gasteiger partial charge in [0.2, 0.25) is 5.91 Å². The van der Waals surface area contributed by atoms with Crippen molar-refractivity contribution in [3.63, 3.8) is 0 Å². The lowest BCUT2D eigenvalue weighted by atomic mass is 10.1. The van der Waals surface area contributed by atoms with Crippen molar-refractivity contribution in [2.45, 2.75) is 24.8 Å². The smallest absolute Gasteiger partial charge is 0.264 e. The zero-order valence-electron chi connectivity index (χ0n) is 19.4. The number of nitrogens with one attached hydrogen (secondary N) is 1. The first-order valence-corrected chi connectivity index (χ1v) is 12.0. The van der Waals surface area contributed by atoms with E-state index >= 15 is 0 Å². The molecule has 0 aliphatic heterocycles. The molecule has 0 aliphatic carbocycles. The molecule has 180 valence electrons. The molecular formula is C25H27FN2O5S. The lowest BCUT2D eigenvalue weighted by Crippen LogP contribution is -2.41. The number of methoxy groups -OCH3 is 2.